The van der Waals surface area contributed by atoms with E-state index in [2.05, 4.69) is 68.1 Å². The number of hydrogen-bond donors (Lipinski definition) is 2. The van der Waals surface area contributed by atoms with Gasteiger partial charge in [-0.25, -0.2) is 9.78 Å². The minimum Gasteiger partial charge on any atom is -0.497 e. The van der Waals surface area contributed by atoms with Crippen molar-refractivity contribution in [1.29, 1.82) is 0 Å². The summed E-state index contributed by atoms with van der Waals surface area (Å²) in [6.07, 6.45) is 8.15. The van der Waals surface area contributed by atoms with E-state index in [-0.39, 0.29) is 23.4 Å². The quantitative estimate of drug-likeness (QED) is 0.154. The third-order valence-corrected chi connectivity index (χ3v) is 7.95. The molecule has 0 spiro atoms. The lowest BCUT2D eigenvalue weighted by atomic mass is 9.88. The number of benzene rings is 2. The van der Waals surface area contributed by atoms with Crippen molar-refractivity contribution >= 4 is 28.4 Å². The lowest BCUT2D eigenvalue weighted by Gasteiger charge is -2.27. The summed E-state index contributed by atoms with van der Waals surface area (Å²) in [6.45, 7) is 11.2. The van der Waals surface area contributed by atoms with Gasteiger partial charge in [0.15, 0.2) is 0 Å². The SMILES string of the molecule is CCCCCCCCN(C(=O)Nc1c(C(C)C)cc(-c2cccc(OC)c2)cc1C(C)C)c1cc2cccnc2[nH]c1=O. The molecule has 2 aromatic carbocycles. The number of ether oxygens (including phenoxy) is 1. The zero-order valence-electron chi connectivity index (χ0n) is 26.5. The average Bonchev–Trinajstić information content (AvgIpc) is 3.00. The normalized spacial score (nSPS) is 11.3. The molecule has 2 N–H and O–H groups in total. The standard InChI is InChI=1S/C36H46N4O3/c1-7-8-9-10-11-12-19-40(32-23-27-16-14-18-37-34(27)39-35(32)41)36(42)38-33-30(24(2)3)21-28(22-31(33)25(4)5)26-15-13-17-29(20-26)43-6/h13-18,20-25H,7-12,19H2,1-6H3,(H,38,42)(H,37,39,41). The van der Waals surface area contributed by atoms with E-state index in [0.717, 1.165) is 58.3 Å². The van der Waals surface area contributed by atoms with Crippen LogP contribution in [-0.4, -0.2) is 29.7 Å². The summed E-state index contributed by atoms with van der Waals surface area (Å²) in [5.41, 5.74) is 5.56. The Morgan fingerprint density at radius 2 is 1.60 bits per heavy atom. The van der Waals surface area contributed by atoms with Gasteiger partial charge in [0, 0.05) is 23.8 Å². The molecule has 0 aliphatic rings. The van der Waals surface area contributed by atoms with Crippen molar-refractivity contribution in [2.24, 2.45) is 0 Å². The monoisotopic (exact) mass is 582 g/mol. The van der Waals surface area contributed by atoms with Crippen molar-refractivity contribution in [3.8, 4) is 16.9 Å². The van der Waals surface area contributed by atoms with Crippen molar-refractivity contribution in [2.75, 3.05) is 23.9 Å². The molecule has 43 heavy (non-hydrogen) atoms. The summed E-state index contributed by atoms with van der Waals surface area (Å²) in [4.78, 5) is 36.2. The number of pyridine rings is 2. The highest BCUT2D eigenvalue weighted by atomic mass is 16.5. The number of amides is 2. The summed E-state index contributed by atoms with van der Waals surface area (Å²) in [6, 6.07) is 17.6. The fourth-order valence-corrected chi connectivity index (χ4v) is 5.49. The molecule has 4 aromatic rings. The van der Waals surface area contributed by atoms with E-state index < -0.39 is 0 Å². The molecule has 7 heteroatoms. The highest BCUT2D eigenvalue weighted by Crippen LogP contribution is 2.38. The van der Waals surface area contributed by atoms with Crippen LogP contribution < -0.4 is 20.5 Å². The molecule has 7 nitrogen and oxygen atoms in total. The van der Waals surface area contributed by atoms with Gasteiger partial charge in [0.1, 0.15) is 17.1 Å². The molecule has 0 radical (unpaired) electrons. The first kappa shape index (κ1) is 31.8. The van der Waals surface area contributed by atoms with Crippen LogP contribution in [0.25, 0.3) is 22.2 Å². The molecular weight excluding hydrogens is 536 g/mol. The summed E-state index contributed by atoms with van der Waals surface area (Å²) in [7, 11) is 1.67. The largest absolute Gasteiger partial charge is 0.497 e. The molecule has 0 aliphatic carbocycles. The lowest BCUT2D eigenvalue weighted by Crippen LogP contribution is -2.39. The summed E-state index contributed by atoms with van der Waals surface area (Å²) < 4.78 is 5.48. The Bertz CT molecular complexity index is 1560. The predicted octanol–water partition coefficient (Wildman–Crippen LogP) is 9.24. The van der Waals surface area contributed by atoms with Crippen LogP contribution in [0.3, 0.4) is 0 Å². The minimum absolute atomic E-state index is 0.153. The fourth-order valence-electron chi connectivity index (χ4n) is 5.49. The molecule has 2 aromatic heterocycles. The van der Waals surface area contributed by atoms with Gasteiger partial charge in [-0.1, -0.05) is 78.9 Å². The van der Waals surface area contributed by atoms with E-state index in [4.69, 9.17) is 4.74 Å². The Balaban J connectivity index is 1.73. The Kier molecular flexibility index (Phi) is 11.0. The second kappa shape index (κ2) is 14.9. The zero-order valence-corrected chi connectivity index (χ0v) is 26.5. The van der Waals surface area contributed by atoms with E-state index in [9.17, 15) is 9.59 Å². The third-order valence-electron chi connectivity index (χ3n) is 7.95. The summed E-state index contributed by atoms with van der Waals surface area (Å²) in [5, 5.41) is 4.06. The number of hydrogen-bond acceptors (Lipinski definition) is 4. The first-order valence-electron chi connectivity index (χ1n) is 15.6. The van der Waals surface area contributed by atoms with E-state index in [0.29, 0.717) is 17.9 Å². The fraction of sp³-hybridized carbons (Fsp3) is 0.417. The summed E-state index contributed by atoms with van der Waals surface area (Å²) >= 11 is 0. The van der Waals surface area contributed by atoms with E-state index in [1.165, 1.54) is 19.3 Å². The molecule has 0 fully saturated rings. The maximum Gasteiger partial charge on any atom is 0.326 e. The van der Waals surface area contributed by atoms with Crippen molar-refractivity contribution in [3.63, 3.8) is 0 Å². The second-order valence-corrected chi connectivity index (χ2v) is 11.8. The number of carbonyl (C=O) groups is 1. The van der Waals surface area contributed by atoms with Gasteiger partial charge in [-0.15, -0.1) is 0 Å². The van der Waals surface area contributed by atoms with Crippen LogP contribution in [0.4, 0.5) is 16.2 Å². The van der Waals surface area contributed by atoms with Crippen LogP contribution in [0.2, 0.25) is 0 Å². The van der Waals surface area contributed by atoms with Gasteiger partial charge >= 0.3 is 6.03 Å². The molecule has 0 bridgehead atoms. The smallest absolute Gasteiger partial charge is 0.326 e. The topological polar surface area (TPSA) is 87.3 Å². The van der Waals surface area contributed by atoms with Gasteiger partial charge < -0.3 is 15.0 Å². The van der Waals surface area contributed by atoms with Crippen LogP contribution in [0.15, 0.2) is 65.6 Å². The first-order chi connectivity index (χ1) is 20.7. The molecule has 0 aliphatic heterocycles. The highest BCUT2D eigenvalue weighted by molar-refractivity contribution is 6.03. The van der Waals surface area contributed by atoms with Crippen LogP contribution in [0.5, 0.6) is 5.75 Å². The van der Waals surface area contributed by atoms with Gasteiger partial charge in [-0.2, -0.15) is 0 Å². The molecule has 0 saturated carbocycles. The van der Waals surface area contributed by atoms with E-state index >= 15 is 0 Å². The first-order valence-corrected chi connectivity index (χ1v) is 15.6. The van der Waals surface area contributed by atoms with Crippen LogP contribution >= 0.6 is 0 Å². The third kappa shape index (κ3) is 7.83. The molecule has 4 rings (SSSR count). The number of nitrogens with zero attached hydrogens (tertiary/aromatic N) is 2. The number of aromatic nitrogens is 2. The molecule has 2 amide bonds. The van der Waals surface area contributed by atoms with Gasteiger partial charge in [0.25, 0.3) is 5.56 Å². The Morgan fingerprint density at radius 1 is 0.907 bits per heavy atom. The molecular formula is C36H46N4O3. The number of nitrogens with one attached hydrogen (secondary N) is 2. The van der Waals surface area contributed by atoms with E-state index in [1.54, 1.807) is 24.3 Å². The number of methoxy groups -OCH3 is 1. The highest BCUT2D eigenvalue weighted by Gasteiger charge is 2.24. The number of unbranched alkanes of at least 4 members (excludes halogenated alkanes) is 5. The van der Waals surface area contributed by atoms with Crippen LogP contribution in [0.1, 0.15) is 96.1 Å². The Labute approximate surface area is 255 Å². The van der Waals surface area contributed by atoms with Gasteiger partial charge in [-0.3, -0.25) is 9.69 Å². The number of rotatable bonds is 13. The van der Waals surface area contributed by atoms with Crippen molar-refractivity contribution in [2.45, 2.75) is 85.0 Å². The molecule has 0 unspecified atom stereocenters. The Hall–Kier alpha value is -4.13. The molecule has 228 valence electrons. The van der Waals surface area contributed by atoms with Crippen molar-refractivity contribution in [3.05, 3.63) is 82.3 Å². The average molecular weight is 583 g/mol. The van der Waals surface area contributed by atoms with Crippen molar-refractivity contribution < 1.29 is 9.53 Å². The van der Waals surface area contributed by atoms with Crippen LogP contribution in [0, 0.1) is 0 Å². The number of carbonyl (C=O) groups excluding carboxylic acids is 1. The van der Waals surface area contributed by atoms with Crippen LogP contribution in [-0.2, 0) is 0 Å². The summed E-state index contributed by atoms with van der Waals surface area (Å²) in [5.74, 6) is 1.11. The number of fused-ring (bicyclic) bond motifs is 1. The maximum atomic E-state index is 14.2. The predicted molar refractivity (Wildman–Crippen MR) is 179 cm³/mol. The van der Waals surface area contributed by atoms with E-state index in [1.807, 2.05) is 30.3 Å². The van der Waals surface area contributed by atoms with Gasteiger partial charge in [0.05, 0.1) is 7.11 Å². The number of aromatic amines is 1. The second-order valence-electron chi connectivity index (χ2n) is 11.8. The minimum atomic E-state index is -0.325. The van der Waals surface area contributed by atoms with Crippen molar-refractivity contribution in [1.82, 2.24) is 9.97 Å². The number of anilines is 2. The van der Waals surface area contributed by atoms with Gasteiger partial charge in [0.2, 0.25) is 0 Å². The maximum absolute atomic E-state index is 14.2. The molecule has 0 saturated heterocycles. The molecule has 0 atom stereocenters. The lowest BCUT2D eigenvalue weighted by molar-refractivity contribution is 0.256. The van der Waals surface area contributed by atoms with Gasteiger partial charge in [-0.05, 0) is 83.0 Å². The number of urea groups is 1. The number of H-pyrrole nitrogens is 1. The Morgan fingerprint density at radius 3 is 2.28 bits per heavy atom. The zero-order chi connectivity index (χ0) is 30.9. The molecule has 2 heterocycles.